The second-order valence-electron chi connectivity index (χ2n) is 7.29. The second-order valence-corrected chi connectivity index (χ2v) is 7.29. The molecule has 0 spiro atoms. The van der Waals surface area contributed by atoms with Crippen LogP contribution in [0.25, 0.3) is 0 Å². The largest absolute Gasteiger partial charge is 0.346 e. The number of benzene rings is 1. The normalized spacial score (nSPS) is 15.0. The molecule has 25 heavy (non-hydrogen) atoms. The molecule has 1 aliphatic rings. The van der Waals surface area contributed by atoms with Crippen molar-refractivity contribution in [2.24, 2.45) is 5.92 Å². The Hall–Kier alpha value is -2.14. The van der Waals surface area contributed by atoms with Crippen molar-refractivity contribution in [3.8, 4) is 0 Å². The van der Waals surface area contributed by atoms with Crippen molar-refractivity contribution in [1.29, 1.82) is 0 Å². The molecule has 3 rings (SSSR count). The summed E-state index contributed by atoms with van der Waals surface area (Å²) in [5.41, 5.74) is 3.02. The van der Waals surface area contributed by atoms with E-state index in [2.05, 4.69) is 45.7 Å². The summed E-state index contributed by atoms with van der Waals surface area (Å²) in [5, 5.41) is 3.00. The Bertz CT molecular complexity index is 684. The van der Waals surface area contributed by atoms with E-state index in [1.165, 1.54) is 31.5 Å². The second kappa shape index (κ2) is 8.30. The quantitative estimate of drug-likeness (QED) is 0.843. The van der Waals surface area contributed by atoms with Gasteiger partial charge in [-0.05, 0) is 49.5 Å². The highest BCUT2D eigenvalue weighted by Gasteiger charge is 2.12. The zero-order valence-electron chi connectivity index (χ0n) is 15.2. The number of hydrogen-bond acceptors (Lipinski definition) is 3. The lowest BCUT2D eigenvalue weighted by Gasteiger charge is -2.14. The number of nitrogens with one attached hydrogen (secondary N) is 1. The Balaban J connectivity index is 1.53. The number of carbonyl (C=O) groups is 1. The van der Waals surface area contributed by atoms with Gasteiger partial charge in [-0.1, -0.05) is 26.0 Å². The molecule has 2 heterocycles. The molecule has 0 saturated carbocycles. The molecule has 1 fully saturated rings. The van der Waals surface area contributed by atoms with Gasteiger partial charge in [-0.3, -0.25) is 9.69 Å². The third kappa shape index (κ3) is 4.92. The molecule has 0 aliphatic carbocycles. The highest BCUT2D eigenvalue weighted by Crippen LogP contribution is 2.13. The van der Waals surface area contributed by atoms with E-state index >= 15 is 0 Å². The van der Waals surface area contributed by atoms with Crippen LogP contribution in [0.2, 0.25) is 0 Å². The van der Waals surface area contributed by atoms with Gasteiger partial charge in [0.05, 0.1) is 18.6 Å². The van der Waals surface area contributed by atoms with Crippen LogP contribution < -0.4 is 5.32 Å². The average molecular weight is 340 g/mol. The third-order valence-electron chi connectivity index (χ3n) is 4.61. The monoisotopic (exact) mass is 340 g/mol. The Morgan fingerprint density at radius 1 is 1.20 bits per heavy atom. The maximum atomic E-state index is 12.4. The fourth-order valence-electron chi connectivity index (χ4n) is 3.29. The topological polar surface area (TPSA) is 50.2 Å². The molecule has 1 aromatic heterocycles. The fourth-order valence-corrected chi connectivity index (χ4v) is 3.29. The lowest BCUT2D eigenvalue weighted by atomic mass is 10.1. The number of rotatable bonds is 7. The van der Waals surface area contributed by atoms with Gasteiger partial charge >= 0.3 is 0 Å². The summed E-state index contributed by atoms with van der Waals surface area (Å²) < 4.78 is 2.10. The molecule has 1 N–H and O–H groups in total. The summed E-state index contributed by atoms with van der Waals surface area (Å²) in [6.07, 6.45) is 6.25. The molecule has 1 saturated heterocycles. The molecule has 1 aliphatic heterocycles. The number of likely N-dealkylation sites (tertiary alicyclic amines) is 1. The van der Waals surface area contributed by atoms with Gasteiger partial charge in [-0.2, -0.15) is 0 Å². The molecule has 0 atom stereocenters. The molecule has 5 nitrogen and oxygen atoms in total. The van der Waals surface area contributed by atoms with Crippen LogP contribution in [0, 0.1) is 5.92 Å². The van der Waals surface area contributed by atoms with Crippen LogP contribution >= 0.6 is 0 Å². The number of aromatic nitrogens is 2. The zero-order chi connectivity index (χ0) is 17.6. The molecule has 0 bridgehead atoms. The first-order valence-corrected chi connectivity index (χ1v) is 9.20. The minimum absolute atomic E-state index is 0.0370. The van der Waals surface area contributed by atoms with Crippen LogP contribution in [0.4, 0.5) is 0 Å². The van der Waals surface area contributed by atoms with Crippen LogP contribution in [0.3, 0.4) is 0 Å². The van der Waals surface area contributed by atoms with Gasteiger partial charge in [-0.25, -0.2) is 4.98 Å². The predicted molar refractivity (Wildman–Crippen MR) is 99.2 cm³/mol. The number of carbonyl (C=O) groups excluding carboxylic acids is 1. The van der Waals surface area contributed by atoms with Gasteiger partial charge in [0.1, 0.15) is 0 Å². The molecule has 134 valence electrons. The summed E-state index contributed by atoms with van der Waals surface area (Å²) >= 11 is 0. The van der Waals surface area contributed by atoms with Gasteiger partial charge in [0.15, 0.2) is 0 Å². The number of hydrogen-bond donors (Lipinski definition) is 1. The van der Waals surface area contributed by atoms with Crippen LogP contribution in [0.15, 0.2) is 36.8 Å². The fraction of sp³-hybridized carbons (Fsp3) is 0.500. The first-order chi connectivity index (χ1) is 12.1. The zero-order valence-corrected chi connectivity index (χ0v) is 15.2. The Morgan fingerprint density at radius 3 is 2.60 bits per heavy atom. The highest BCUT2D eigenvalue weighted by atomic mass is 16.1. The minimum Gasteiger partial charge on any atom is -0.346 e. The van der Waals surface area contributed by atoms with Crippen molar-refractivity contribution in [1.82, 2.24) is 19.8 Å². The third-order valence-corrected chi connectivity index (χ3v) is 4.61. The van der Waals surface area contributed by atoms with Crippen molar-refractivity contribution in [3.05, 3.63) is 53.6 Å². The first kappa shape index (κ1) is 17.7. The lowest BCUT2D eigenvalue weighted by Crippen LogP contribution is -2.24. The number of imidazole rings is 1. The summed E-state index contributed by atoms with van der Waals surface area (Å²) in [5.74, 6) is 0.511. The number of nitrogens with zero attached hydrogens (tertiary/aromatic N) is 3. The first-order valence-electron chi connectivity index (χ1n) is 9.20. The van der Waals surface area contributed by atoms with Crippen LogP contribution in [0.1, 0.15) is 48.3 Å². The van der Waals surface area contributed by atoms with Crippen LogP contribution in [-0.2, 0) is 19.6 Å². The van der Waals surface area contributed by atoms with Crippen molar-refractivity contribution < 1.29 is 4.79 Å². The van der Waals surface area contributed by atoms with Crippen molar-refractivity contribution in [2.45, 2.75) is 46.3 Å². The van der Waals surface area contributed by atoms with Crippen molar-refractivity contribution in [2.75, 3.05) is 13.1 Å². The SMILES string of the molecule is CC(C)Cn1cncc1CNC(=O)c1ccc(CN2CCCC2)cc1. The van der Waals surface area contributed by atoms with Gasteiger partial charge in [0.25, 0.3) is 5.91 Å². The Morgan fingerprint density at radius 2 is 1.92 bits per heavy atom. The van der Waals surface area contributed by atoms with E-state index in [0.29, 0.717) is 18.0 Å². The summed E-state index contributed by atoms with van der Waals surface area (Å²) in [6.45, 7) is 9.12. The molecule has 5 heteroatoms. The summed E-state index contributed by atoms with van der Waals surface area (Å²) in [7, 11) is 0. The van der Waals surface area contributed by atoms with E-state index in [9.17, 15) is 4.79 Å². The predicted octanol–water partition coefficient (Wildman–Crippen LogP) is 3.06. The van der Waals surface area contributed by atoms with Crippen LogP contribution in [0.5, 0.6) is 0 Å². The summed E-state index contributed by atoms with van der Waals surface area (Å²) in [4.78, 5) is 19.0. The molecular weight excluding hydrogens is 312 g/mol. The van der Waals surface area contributed by atoms with E-state index in [1.54, 1.807) is 0 Å². The van der Waals surface area contributed by atoms with Gasteiger partial charge < -0.3 is 9.88 Å². The molecule has 2 aromatic rings. The lowest BCUT2D eigenvalue weighted by molar-refractivity contribution is 0.0950. The Kier molecular flexibility index (Phi) is 5.87. The maximum Gasteiger partial charge on any atom is 0.251 e. The van der Waals surface area contributed by atoms with Gasteiger partial charge in [0.2, 0.25) is 0 Å². The molecule has 1 amide bonds. The average Bonchev–Trinajstić information content (AvgIpc) is 3.25. The maximum absolute atomic E-state index is 12.4. The van der Waals surface area contributed by atoms with Gasteiger partial charge in [0, 0.05) is 24.8 Å². The smallest absolute Gasteiger partial charge is 0.251 e. The van der Waals surface area contributed by atoms with Gasteiger partial charge in [-0.15, -0.1) is 0 Å². The van der Waals surface area contributed by atoms with E-state index in [4.69, 9.17) is 0 Å². The minimum atomic E-state index is -0.0370. The molecule has 0 unspecified atom stereocenters. The van der Waals surface area contributed by atoms with Crippen molar-refractivity contribution >= 4 is 5.91 Å². The van der Waals surface area contributed by atoms with Crippen molar-refractivity contribution in [3.63, 3.8) is 0 Å². The Labute approximate surface area is 150 Å². The molecule has 0 radical (unpaired) electrons. The molecular formula is C20H28N4O. The molecule has 1 aromatic carbocycles. The highest BCUT2D eigenvalue weighted by molar-refractivity contribution is 5.94. The van der Waals surface area contributed by atoms with E-state index in [0.717, 1.165) is 18.8 Å². The van der Waals surface area contributed by atoms with E-state index in [-0.39, 0.29) is 5.91 Å². The standard InChI is InChI=1S/C20H28N4O/c1-16(2)13-24-15-21-11-19(24)12-22-20(25)18-7-5-17(6-8-18)14-23-9-3-4-10-23/h5-8,11,15-16H,3-4,9-10,12-14H2,1-2H3,(H,22,25). The van der Waals surface area contributed by atoms with E-state index in [1.807, 2.05) is 24.7 Å². The number of amides is 1. The summed E-state index contributed by atoms with van der Waals surface area (Å²) in [6, 6.07) is 7.98. The van der Waals surface area contributed by atoms with Crippen LogP contribution in [-0.4, -0.2) is 33.4 Å². The van der Waals surface area contributed by atoms with E-state index < -0.39 is 0 Å².